The van der Waals surface area contributed by atoms with Crippen molar-refractivity contribution in [2.45, 2.75) is 6.42 Å². The number of nitrogens with zero attached hydrogens (tertiary/aromatic N) is 1. The Hall–Kier alpha value is -1.58. The number of amides is 1. The minimum Gasteiger partial charge on any atom is -0.310 e. The normalized spacial score (nSPS) is 10.1. The molecule has 1 aromatic heterocycles. The highest BCUT2D eigenvalue weighted by Gasteiger charge is 2.07. The number of rotatable bonds is 3. The molecule has 1 heterocycles. The number of anilines is 1. The molecule has 3 nitrogen and oxygen atoms in total. The third-order valence-corrected chi connectivity index (χ3v) is 2.87. The van der Waals surface area contributed by atoms with E-state index in [2.05, 4.69) is 10.3 Å². The van der Waals surface area contributed by atoms with Crippen LogP contribution >= 0.6 is 23.2 Å². The highest BCUT2D eigenvalue weighted by Crippen LogP contribution is 2.16. The smallest absolute Gasteiger partial charge is 0.230 e. The summed E-state index contributed by atoms with van der Waals surface area (Å²) >= 11 is 11.7. The summed E-state index contributed by atoms with van der Waals surface area (Å²) in [5.74, 6) is 0.248. The maximum absolute atomic E-state index is 11.8. The zero-order valence-corrected chi connectivity index (χ0v) is 10.9. The summed E-state index contributed by atoms with van der Waals surface area (Å²) in [5.41, 5.74) is 0.777. The minimum atomic E-state index is -0.183. The van der Waals surface area contributed by atoms with Gasteiger partial charge in [0, 0.05) is 5.02 Å². The Morgan fingerprint density at radius 1 is 1.11 bits per heavy atom. The molecule has 0 saturated heterocycles. The van der Waals surface area contributed by atoms with Crippen molar-refractivity contribution >= 4 is 34.9 Å². The fourth-order valence-corrected chi connectivity index (χ4v) is 1.85. The lowest BCUT2D eigenvalue weighted by atomic mass is 10.1. The van der Waals surface area contributed by atoms with Gasteiger partial charge in [-0.25, -0.2) is 4.98 Å². The van der Waals surface area contributed by atoms with Gasteiger partial charge in [0.1, 0.15) is 11.0 Å². The van der Waals surface area contributed by atoms with Crippen molar-refractivity contribution < 1.29 is 4.79 Å². The van der Waals surface area contributed by atoms with Crippen LogP contribution in [-0.4, -0.2) is 10.9 Å². The topological polar surface area (TPSA) is 42.0 Å². The molecular weight excluding hydrogens is 271 g/mol. The molecule has 1 amide bonds. The Labute approximate surface area is 115 Å². The zero-order chi connectivity index (χ0) is 13.0. The van der Waals surface area contributed by atoms with Crippen LogP contribution in [0.25, 0.3) is 0 Å². The third kappa shape index (κ3) is 3.45. The summed E-state index contributed by atoms with van der Waals surface area (Å²) in [6, 6.07) is 12.3. The highest BCUT2D eigenvalue weighted by atomic mass is 35.5. The molecule has 92 valence electrons. The van der Waals surface area contributed by atoms with Crippen molar-refractivity contribution in [3.8, 4) is 0 Å². The Balaban J connectivity index is 2.03. The quantitative estimate of drug-likeness (QED) is 0.874. The predicted molar refractivity (Wildman–Crippen MR) is 73.0 cm³/mol. The zero-order valence-electron chi connectivity index (χ0n) is 9.36. The largest absolute Gasteiger partial charge is 0.310 e. The van der Waals surface area contributed by atoms with Crippen LogP contribution in [0.5, 0.6) is 0 Å². The van der Waals surface area contributed by atoms with E-state index in [9.17, 15) is 4.79 Å². The van der Waals surface area contributed by atoms with Gasteiger partial charge in [0.2, 0.25) is 5.91 Å². The van der Waals surface area contributed by atoms with Gasteiger partial charge in [-0.3, -0.25) is 4.79 Å². The molecule has 18 heavy (non-hydrogen) atoms. The number of hydrogen-bond donors (Lipinski definition) is 1. The third-order valence-electron chi connectivity index (χ3n) is 2.29. The van der Waals surface area contributed by atoms with Crippen LogP contribution in [-0.2, 0) is 11.2 Å². The minimum absolute atomic E-state index is 0.183. The van der Waals surface area contributed by atoms with E-state index in [-0.39, 0.29) is 12.3 Å². The van der Waals surface area contributed by atoms with E-state index in [0.717, 1.165) is 5.56 Å². The van der Waals surface area contributed by atoms with Gasteiger partial charge < -0.3 is 5.32 Å². The molecular formula is C13H10Cl2N2O. The van der Waals surface area contributed by atoms with Crippen LogP contribution in [0, 0.1) is 0 Å². The van der Waals surface area contributed by atoms with E-state index < -0.39 is 0 Å². The van der Waals surface area contributed by atoms with Crippen LogP contribution in [0.4, 0.5) is 5.82 Å². The first kappa shape index (κ1) is 12.9. The summed E-state index contributed by atoms with van der Waals surface area (Å²) in [6.07, 6.45) is 0.202. The Morgan fingerprint density at radius 2 is 1.89 bits per heavy atom. The van der Waals surface area contributed by atoms with Gasteiger partial charge in [0.15, 0.2) is 0 Å². The standard InChI is InChI=1S/C13H10Cl2N2O/c14-10-5-2-1-4-9(10)8-13(18)17-12-7-3-6-11(15)16-12/h1-7H,8H2,(H,16,17,18). The molecule has 1 aromatic carbocycles. The van der Waals surface area contributed by atoms with Gasteiger partial charge in [-0.1, -0.05) is 47.5 Å². The second kappa shape index (κ2) is 5.85. The number of pyridine rings is 1. The van der Waals surface area contributed by atoms with Gasteiger partial charge in [-0.05, 0) is 23.8 Å². The van der Waals surface area contributed by atoms with Crippen molar-refractivity contribution in [3.63, 3.8) is 0 Å². The molecule has 5 heteroatoms. The second-order valence-electron chi connectivity index (χ2n) is 3.66. The summed E-state index contributed by atoms with van der Waals surface area (Å²) in [5, 5.41) is 3.58. The summed E-state index contributed by atoms with van der Waals surface area (Å²) in [6.45, 7) is 0. The molecule has 0 fully saturated rings. The van der Waals surface area contributed by atoms with Crippen LogP contribution in [0.2, 0.25) is 10.2 Å². The molecule has 0 aliphatic carbocycles. The number of hydrogen-bond acceptors (Lipinski definition) is 2. The maximum atomic E-state index is 11.8. The van der Waals surface area contributed by atoms with Crippen molar-refractivity contribution in [2.75, 3.05) is 5.32 Å². The fourth-order valence-electron chi connectivity index (χ4n) is 1.48. The van der Waals surface area contributed by atoms with Crippen molar-refractivity contribution in [2.24, 2.45) is 0 Å². The van der Waals surface area contributed by atoms with E-state index >= 15 is 0 Å². The molecule has 0 radical (unpaired) electrons. The molecule has 0 bridgehead atoms. The number of aromatic nitrogens is 1. The lowest BCUT2D eigenvalue weighted by molar-refractivity contribution is -0.115. The molecule has 0 aliphatic heterocycles. The fraction of sp³-hybridized carbons (Fsp3) is 0.0769. The molecule has 0 atom stereocenters. The van der Waals surface area contributed by atoms with Gasteiger partial charge in [-0.2, -0.15) is 0 Å². The van der Waals surface area contributed by atoms with Crippen molar-refractivity contribution in [1.29, 1.82) is 0 Å². The van der Waals surface area contributed by atoms with Crippen LogP contribution in [0.3, 0.4) is 0 Å². The Morgan fingerprint density at radius 3 is 2.61 bits per heavy atom. The lowest BCUT2D eigenvalue weighted by Crippen LogP contribution is -2.15. The first-order valence-corrected chi connectivity index (χ1v) is 6.06. The van der Waals surface area contributed by atoms with Gasteiger partial charge in [-0.15, -0.1) is 0 Å². The Kier molecular flexibility index (Phi) is 4.18. The number of nitrogens with one attached hydrogen (secondary N) is 1. The van der Waals surface area contributed by atoms with E-state index in [1.807, 2.05) is 18.2 Å². The lowest BCUT2D eigenvalue weighted by Gasteiger charge is -2.05. The summed E-state index contributed by atoms with van der Waals surface area (Å²) in [4.78, 5) is 15.8. The number of halogens is 2. The number of carbonyl (C=O) groups is 1. The van der Waals surface area contributed by atoms with Crippen LogP contribution < -0.4 is 5.32 Å². The summed E-state index contributed by atoms with van der Waals surface area (Å²) < 4.78 is 0. The maximum Gasteiger partial charge on any atom is 0.230 e. The highest BCUT2D eigenvalue weighted by molar-refractivity contribution is 6.31. The number of carbonyl (C=O) groups excluding carboxylic acids is 1. The Bertz CT molecular complexity index is 572. The van der Waals surface area contributed by atoms with Crippen molar-refractivity contribution in [3.05, 3.63) is 58.2 Å². The van der Waals surface area contributed by atoms with Gasteiger partial charge >= 0.3 is 0 Å². The van der Waals surface area contributed by atoms with Gasteiger partial charge in [0.05, 0.1) is 6.42 Å². The monoisotopic (exact) mass is 280 g/mol. The molecule has 0 aliphatic rings. The average Bonchev–Trinajstić information content (AvgIpc) is 2.32. The summed E-state index contributed by atoms with van der Waals surface area (Å²) in [7, 11) is 0. The molecule has 0 spiro atoms. The molecule has 1 N–H and O–H groups in total. The van der Waals surface area contributed by atoms with Crippen LogP contribution in [0.1, 0.15) is 5.56 Å². The van der Waals surface area contributed by atoms with Gasteiger partial charge in [0.25, 0.3) is 0 Å². The van der Waals surface area contributed by atoms with Crippen molar-refractivity contribution in [1.82, 2.24) is 4.98 Å². The van der Waals surface area contributed by atoms with E-state index in [1.54, 1.807) is 24.3 Å². The SMILES string of the molecule is O=C(Cc1ccccc1Cl)Nc1cccc(Cl)n1. The molecule has 0 unspecified atom stereocenters. The average molecular weight is 281 g/mol. The van der Waals surface area contributed by atoms with E-state index in [0.29, 0.717) is 16.0 Å². The second-order valence-corrected chi connectivity index (χ2v) is 4.46. The first-order valence-electron chi connectivity index (χ1n) is 5.31. The molecule has 0 saturated carbocycles. The van der Waals surface area contributed by atoms with E-state index in [4.69, 9.17) is 23.2 Å². The van der Waals surface area contributed by atoms with Crippen LogP contribution in [0.15, 0.2) is 42.5 Å². The molecule has 2 rings (SSSR count). The predicted octanol–water partition coefficient (Wildman–Crippen LogP) is 3.57. The number of benzene rings is 1. The first-order chi connectivity index (χ1) is 8.65. The van der Waals surface area contributed by atoms with E-state index in [1.165, 1.54) is 0 Å². The molecule has 2 aromatic rings.